The van der Waals surface area contributed by atoms with Gasteiger partial charge < -0.3 is 9.47 Å². The molecular weight excluding hydrogens is 308 g/mol. The van der Waals surface area contributed by atoms with Gasteiger partial charge in [-0.15, -0.1) is 0 Å². The van der Waals surface area contributed by atoms with Crippen molar-refractivity contribution in [2.45, 2.75) is 52.7 Å². The molecule has 6 nitrogen and oxygen atoms in total. The SMILES string of the molecule is CC(C)(C)OC(=O)NN(/C=C/c1ccccc1)C(=O)OC(C)(C)C. The Labute approximate surface area is 143 Å². The van der Waals surface area contributed by atoms with E-state index in [1.165, 1.54) is 6.20 Å². The average Bonchev–Trinajstić information content (AvgIpc) is 2.40. The van der Waals surface area contributed by atoms with Gasteiger partial charge >= 0.3 is 12.2 Å². The normalized spacial score (nSPS) is 11.9. The van der Waals surface area contributed by atoms with E-state index in [2.05, 4.69) is 5.43 Å². The summed E-state index contributed by atoms with van der Waals surface area (Å²) >= 11 is 0. The molecule has 2 amide bonds. The molecule has 0 radical (unpaired) electrons. The van der Waals surface area contributed by atoms with Crippen LogP contribution >= 0.6 is 0 Å². The van der Waals surface area contributed by atoms with Crippen molar-refractivity contribution in [3.05, 3.63) is 42.1 Å². The highest BCUT2D eigenvalue weighted by atomic mass is 16.6. The lowest BCUT2D eigenvalue weighted by Gasteiger charge is -2.26. The van der Waals surface area contributed by atoms with Gasteiger partial charge in [-0.25, -0.2) is 15.0 Å². The minimum Gasteiger partial charge on any atom is -0.443 e. The Hall–Kier alpha value is -2.50. The first-order valence-electron chi connectivity index (χ1n) is 7.71. The molecule has 6 heteroatoms. The molecule has 0 saturated carbocycles. The van der Waals surface area contributed by atoms with Gasteiger partial charge in [-0.1, -0.05) is 30.3 Å². The highest BCUT2D eigenvalue weighted by Crippen LogP contribution is 2.11. The summed E-state index contributed by atoms with van der Waals surface area (Å²) in [6.07, 6.45) is 1.65. The van der Waals surface area contributed by atoms with Gasteiger partial charge in [0, 0.05) is 6.20 Å². The van der Waals surface area contributed by atoms with E-state index in [-0.39, 0.29) is 0 Å². The number of hydrazine groups is 1. The first-order valence-corrected chi connectivity index (χ1v) is 7.71. The maximum atomic E-state index is 12.3. The van der Waals surface area contributed by atoms with E-state index >= 15 is 0 Å². The summed E-state index contributed by atoms with van der Waals surface area (Å²) in [7, 11) is 0. The molecule has 0 saturated heterocycles. The first-order chi connectivity index (χ1) is 11.0. The molecule has 0 heterocycles. The monoisotopic (exact) mass is 334 g/mol. The molecular formula is C18H26N2O4. The van der Waals surface area contributed by atoms with Crippen LogP contribution in [0.25, 0.3) is 6.08 Å². The molecule has 0 unspecified atom stereocenters. The van der Waals surface area contributed by atoms with Crippen LogP contribution in [-0.4, -0.2) is 28.4 Å². The van der Waals surface area contributed by atoms with Gasteiger partial charge in [-0.05, 0) is 53.2 Å². The van der Waals surface area contributed by atoms with Gasteiger partial charge in [0.15, 0.2) is 0 Å². The fourth-order valence-corrected chi connectivity index (χ4v) is 1.58. The molecule has 24 heavy (non-hydrogen) atoms. The number of carbonyl (C=O) groups is 2. The number of hydrogen-bond donors (Lipinski definition) is 1. The number of nitrogens with zero attached hydrogens (tertiary/aromatic N) is 1. The summed E-state index contributed by atoms with van der Waals surface area (Å²) in [5.74, 6) is 0. The molecule has 0 spiro atoms. The van der Waals surface area contributed by atoms with Crippen molar-refractivity contribution in [3.63, 3.8) is 0 Å². The number of rotatable bonds is 2. The van der Waals surface area contributed by atoms with E-state index in [1.807, 2.05) is 30.3 Å². The molecule has 1 N–H and O–H groups in total. The Morgan fingerprint density at radius 2 is 1.50 bits per heavy atom. The number of ether oxygens (including phenoxy) is 2. The number of carbonyl (C=O) groups excluding carboxylic acids is 2. The summed E-state index contributed by atoms with van der Waals surface area (Å²) in [6, 6.07) is 9.38. The van der Waals surface area contributed by atoms with Gasteiger partial charge in [-0.2, -0.15) is 5.01 Å². The number of benzene rings is 1. The molecule has 0 aliphatic rings. The molecule has 1 rings (SSSR count). The van der Waals surface area contributed by atoms with Crippen molar-refractivity contribution < 1.29 is 19.1 Å². The van der Waals surface area contributed by atoms with E-state index < -0.39 is 23.4 Å². The largest absolute Gasteiger partial charge is 0.443 e. The smallest absolute Gasteiger partial charge is 0.433 e. The standard InChI is InChI=1S/C18H26N2O4/c1-17(2,3)23-15(21)19-20(16(22)24-18(4,5)6)13-12-14-10-8-7-9-11-14/h7-13H,1-6H3,(H,19,21)/b13-12+. The fourth-order valence-electron chi connectivity index (χ4n) is 1.58. The topological polar surface area (TPSA) is 67.9 Å². The van der Waals surface area contributed by atoms with Crippen LogP contribution in [0, 0.1) is 0 Å². The predicted molar refractivity (Wildman–Crippen MR) is 92.9 cm³/mol. The zero-order valence-electron chi connectivity index (χ0n) is 15.1. The molecule has 0 aliphatic carbocycles. The fraction of sp³-hybridized carbons (Fsp3) is 0.444. The summed E-state index contributed by atoms with van der Waals surface area (Å²) in [4.78, 5) is 24.2. The summed E-state index contributed by atoms with van der Waals surface area (Å²) < 4.78 is 10.5. The highest BCUT2D eigenvalue weighted by molar-refractivity contribution is 5.76. The van der Waals surface area contributed by atoms with Crippen LogP contribution in [0.4, 0.5) is 9.59 Å². The minimum absolute atomic E-state index is 0.674. The van der Waals surface area contributed by atoms with Crippen LogP contribution in [-0.2, 0) is 9.47 Å². The minimum atomic E-state index is -0.744. The molecule has 0 atom stereocenters. The number of hydrogen-bond acceptors (Lipinski definition) is 4. The van der Waals surface area contributed by atoms with Crippen LogP contribution in [0.15, 0.2) is 36.5 Å². The Morgan fingerprint density at radius 1 is 0.958 bits per heavy atom. The van der Waals surface area contributed by atoms with Crippen molar-refractivity contribution in [1.29, 1.82) is 0 Å². The van der Waals surface area contributed by atoms with Crippen LogP contribution in [0.3, 0.4) is 0 Å². The van der Waals surface area contributed by atoms with Crippen LogP contribution in [0.5, 0.6) is 0 Å². The zero-order valence-corrected chi connectivity index (χ0v) is 15.1. The van der Waals surface area contributed by atoms with Crippen molar-refractivity contribution in [3.8, 4) is 0 Å². The molecule has 132 valence electrons. The van der Waals surface area contributed by atoms with Crippen LogP contribution < -0.4 is 5.43 Å². The Kier molecular flexibility index (Phi) is 6.40. The lowest BCUT2D eigenvalue weighted by atomic mass is 10.2. The summed E-state index contributed by atoms with van der Waals surface area (Å²) in [5, 5.41) is 0.965. The average molecular weight is 334 g/mol. The van der Waals surface area contributed by atoms with Gasteiger partial charge in [0.05, 0.1) is 0 Å². The molecule has 0 aliphatic heterocycles. The van der Waals surface area contributed by atoms with Crippen LogP contribution in [0.1, 0.15) is 47.1 Å². The van der Waals surface area contributed by atoms with E-state index in [0.29, 0.717) is 0 Å². The van der Waals surface area contributed by atoms with Crippen molar-refractivity contribution >= 4 is 18.3 Å². The predicted octanol–water partition coefficient (Wildman–Crippen LogP) is 4.33. The molecule has 0 bridgehead atoms. The van der Waals surface area contributed by atoms with Crippen molar-refractivity contribution in [1.82, 2.24) is 10.4 Å². The summed E-state index contributed by atoms with van der Waals surface area (Å²) in [5.41, 5.74) is 1.89. The zero-order chi connectivity index (χ0) is 18.4. The van der Waals surface area contributed by atoms with E-state index in [4.69, 9.17) is 9.47 Å². The third-order valence-electron chi connectivity index (χ3n) is 2.42. The van der Waals surface area contributed by atoms with Crippen LogP contribution in [0.2, 0.25) is 0 Å². The molecule has 1 aromatic carbocycles. The Balaban J connectivity index is 2.88. The third kappa shape index (κ3) is 8.22. The maximum Gasteiger partial charge on any atom is 0.433 e. The quantitative estimate of drug-likeness (QED) is 0.817. The van der Waals surface area contributed by atoms with Gasteiger partial charge in [0.1, 0.15) is 11.2 Å². The Morgan fingerprint density at radius 3 is 2.00 bits per heavy atom. The number of nitrogens with one attached hydrogen (secondary N) is 1. The highest BCUT2D eigenvalue weighted by Gasteiger charge is 2.24. The second-order valence-corrected chi connectivity index (χ2v) is 7.19. The lowest BCUT2D eigenvalue weighted by Crippen LogP contribution is -2.46. The number of amides is 2. The van der Waals surface area contributed by atoms with Gasteiger partial charge in [0.25, 0.3) is 0 Å². The second kappa shape index (κ2) is 7.86. The maximum absolute atomic E-state index is 12.3. The van der Waals surface area contributed by atoms with E-state index in [1.54, 1.807) is 47.6 Å². The molecule has 1 aromatic rings. The Bertz CT molecular complexity index is 583. The molecule has 0 aromatic heterocycles. The third-order valence-corrected chi connectivity index (χ3v) is 2.42. The van der Waals surface area contributed by atoms with E-state index in [0.717, 1.165) is 10.6 Å². The van der Waals surface area contributed by atoms with Crippen molar-refractivity contribution in [2.75, 3.05) is 0 Å². The van der Waals surface area contributed by atoms with E-state index in [9.17, 15) is 9.59 Å². The second-order valence-electron chi connectivity index (χ2n) is 7.19. The van der Waals surface area contributed by atoms with Gasteiger partial charge in [0.2, 0.25) is 0 Å². The lowest BCUT2D eigenvalue weighted by molar-refractivity contribution is 0.0122. The molecule has 0 fully saturated rings. The first kappa shape index (κ1) is 19.5. The van der Waals surface area contributed by atoms with Gasteiger partial charge in [-0.3, -0.25) is 0 Å². The van der Waals surface area contributed by atoms with Crippen molar-refractivity contribution in [2.24, 2.45) is 0 Å². The summed E-state index contributed by atoms with van der Waals surface area (Å²) in [6.45, 7) is 10.5.